The largest absolute Gasteiger partial charge is 0.297 e. The highest BCUT2D eigenvalue weighted by molar-refractivity contribution is 7.07. The first kappa shape index (κ1) is 10.1. The lowest BCUT2D eigenvalue weighted by Crippen LogP contribution is -2.26. The number of nitrogens with zero attached hydrogens (tertiary/aromatic N) is 2. The zero-order valence-electron chi connectivity index (χ0n) is 8.78. The van der Waals surface area contributed by atoms with Crippen molar-refractivity contribution in [2.75, 3.05) is 13.1 Å². The van der Waals surface area contributed by atoms with Crippen molar-refractivity contribution in [1.29, 1.82) is 0 Å². The summed E-state index contributed by atoms with van der Waals surface area (Å²) in [5.41, 5.74) is 3.17. The van der Waals surface area contributed by atoms with Crippen LogP contribution in [-0.2, 0) is 6.54 Å². The predicted octanol–water partition coefficient (Wildman–Crippen LogP) is 2.77. The van der Waals surface area contributed by atoms with Crippen molar-refractivity contribution in [2.45, 2.75) is 32.7 Å². The summed E-state index contributed by atoms with van der Waals surface area (Å²) in [5.74, 6) is 0.986. The van der Waals surface area contributed by atoms with Crippen molar-refractivity contribution >= 4 is 11.3 Å². The molecule has 1 fully saturated rings. The fraction of sp³-hybridized carbons (Fsp3) is 0.727. The van der Waals surface area contributed by atoms with Crippen LogP contribution < -0.4 is 0 Å². The van der Waals surface area contributed by atoms with Crippen molar-refractivity contribution in [3.05, 3.63) is 16.6 Å². The van der Waals surface area contributed by atoms with E-state index in [0.717, 1.165) is 12.5 Å². The Labute approximate surface area is 90.0 Å². The van der Waals surface area contributed by atoms with Gasteiger partial charge in [0.1, 0.15) is 0 Å². The molecule has 0 aromatic carbocycles. The standard InChI is InChI=1S/C11H18N2S/c1-2-5-13(6-10-3-4-10)7-11-8-14-9-12-11/h8-10H,2-7H2,1H3. The molecule has 0 radical (unpaired) electrons. The summed E-state index contributed by atoms with van der Waals surface area (Å²) in [6.07, 6.45) is 4.13. The van der Waals surface area contributed by atoms with Gasteiger partial charge in [0.05, 0.1) is 11.2 Å². The average Bonchev–Trinajstić information content (AvgIpc) is 2.81. The van der Waals surface area contributed by atoms with E-state index in [2.05, 4.69) is 22.2 Å². The van der Waals surface area contributed by atoms with E-state index in [1.807, 2.05) is 5.51 Å². The van der Waals surface area contributed by atoms with Gasteiger partial charge < -0.3 is 0 Å². The zero-order valence-corrected chi connectivity index (χ0v) is 9.59. The molecule has 1 saturated carbocycles. The Morgan fingerprint density at radius 3 is 3.00 bits per heavy atom. The van der Waals surface area contributed by atoms with Crippen molar-refractivity contribution in [1.82, 2.24) is 9.88 Å². The van der Waals surface area contributed by atoms with E-state index in [-0.39, 0.29) is 0 Å². The van der Waals surface area contributed by atoms with E-state index < -0.39 is 0 Å². The Hall–Kier alpha value is -0.410. The van der Waals surface area contributed by atoms with Gasteiger partial charge in [-0.3, -0.25) is 4.90 Å². The summed E-state index contributed by atoms with van der Waals surface area (Å²) in [7, 11) is 0. The highest BCUT2D eigenvalue weighted by Crippen LogP contribution is 2.30. The third kappa shape index (κ3) is 3.07. The second-order valence-electron chi connectivity index (χ2n) is 4.16. The summed E-state index contributed by atoms with van der Waals surface area (Å²) in [4.78, 5) is 6.89. The van der Waals surface area contributed by atoms with E-state index in [1.165, 1.54) is 38.0 Å². The quantitative estimate of drug-likeness (QED) is 0.717. The third-order valence-electron chi connectivity index (χ3n) is 2.62. The second kappa shape index (κ2) is 4.89. The Bertz CT molecular complexity index is 254. The molecule has 14 heavy (non-hydrogen) atoms. The molecule has 0 bridgehead atoms. The van der Waals surface area contributed by atoms with Gasteiger partial charge in [0, 0.05) is 18.5 Å². The van der Waals surface area contributed by atoms with Crippen LogP contribution in [0.15, 0.2) is 10.9 Å². The fourth-order valence-electron chi connectivity index (χ4n) is 1.76. The molecule has 0 saturated heterocycles. The number of hydrogen-bond donors (Lipinski definition) is 0. The molecule has 0 amide bonds. The van der Waals surface area contributed by atoms with Crippen LogP contribution in [0.1, 0.15) is 31.9 Å². The lowest BCUT2D eigenvalue weighted by molar-refractivity contribution is 0.252. The first-order valence-corrected chi connectivity index (χ1v) is 6.42. The minimum absolute atomic E-state index is 0.986. The SMILES string of the molecule is CCCN(Cc1cscn1)CC1CC1. The molecule has 0 atom stereocenters. The van der Waals surface area contributed by atoms with Gasteiger partial charge in [0.2, 0.25) is 0 Å². The first-order valence-electron chi connectivity index (χ1n) is 5.48. The van der Waals surface area contributed by atoms with Crippen LogP contribution in [0.25, 0.3) is 0 Å². The Morgan fingerprint density at radius 2 is 2.43 bits per heavy atom. The Balaban J connectivity index is 1.82. The van der Waals surface area contributed by atoms with Crippen molar-refractivity contribution in [2.24, 2.45) is 5.92 Å². The lowest BCUT2D eigenvalue weighted by Gasteiger charge is -2.20. The van der Waals surface area contributed by atoms with Crippen molar-refractivity contribution in [3.63, 3.8) is 0 Å². The molecule has 0 N–H and O–H groups in total. The van der Waals surface area contributed by atoms with Gasteiger partial charge in [0.15, 0.2) is 0 Å². The van der Waals surface area contributed by atoms with Gasteiger partial charge in [-0.1, -0.05) is 6.92 Å². The van der Waals surface area contributed by atoms with E-state index >= 15 is 0 Å². The van der Waals surface area contributed by atoms with E-state index in [0.29, 0.717) is 0 Å². The normalized spacial score (nSPS) is 16.4. The number of rotatable bonds is 6. The van der Waals surface area contributed by atoms with Crippen molar-refractivity contribution in [3.8, 4) is 0 Å². The Kier molecular flexibility index (Phi) is 3.54. The maximum atomic E-state index is 4.34. The van der Waals surface area contributed by atoms with Crippen LogP contribution in [0, 0.1) is 5.92 Å². The molecule has 1 heterocycles. The first-order chi connectivity index (χ1) is 6.88. The number of thiazole rings is 1. The Morgan fingerprint density at radius 1 is 1.57 bits per heavy atom. The molecule has 1 aliphatic carbocycles. The minimum atomic E-state index is 0.986. The molecule has 0 aliphatic heterocycles. The highest BCUT2D eigenvalue weighted by Gasteiger charge is 2.24. The van der Waals surface area contributed by atoms with Gasteiger partial charge in [-0.15, -0.1) is 11.3 Å². The van der Waals surface area contributed by atoms with Crippen molar-refractivity contribution < 1.29 is 0 Å². The van der Waals surface area contributed by atoms with Crippen LogP contribution in [-0.4, -0.2) is 23.0 Å². The van der Waals surface area contributed by atoms with Gasteiger partial charge >= 0.3 is 0 Å². The zero-order chi connectivity index (χ0) is 9.80. The highest BCUT2D eigenvalue weighted by atomic mass is 32.1. The van der Waals surface area contributed by atoms with E-state index in [4.69, 9.17) is 0 Å². The fourth-order valence-corrected chi connectivity index (χ4v) is 2.31. The van der Waals surface area contributed by atoms with Crippen LogP contribution in [0.4, 0.5) is 0 Å². The summed E-state index contributed by atoms with van der Waals surface area (Å²) < 4.78 is 0. The van der Waals surface area contributed by atoms with Gasteiger partial charge in [0.25, 0.3) is 0 Å². The number of hydrogen-bond acceptors (Lipinski definition) is 3. The molecule has 1 aromatic rings. The maximum absolute atomic E-state index is 4.34. The third-order valence-corrected chi connectivity index (χ3v) is 3.26. The smallest absolute Gasteiger partial charge is 0.0795 e. The molecular weight excluding hydrogens is 192 g/mol. The van der Waals surface area contributed by atoms with Crippen LogP contribution >= 0.6 is 11.3 Å². The minimum Gasteiger partial charge on any atom is -0.297 e. The summed E-state index contributed by atoms with van der Waals surface area (Å²) in [5, 5.41) is 2.16. The van der Waals surface area contributed by atoms with Crippen LogP contribution in [0.2, 0.25) is 0 Å². The molecular formula is C11H18N2S. The second-order valence-corrected chi connectivity index (χ2v) is 4.88. The summed E-state index contributed by atoms with van der Waals surface area (Å²) >= 11 is 1.70. The molecule has 3 heteroatoms. The lowest BCUT2D eigenvalue weighted by atomic mass is 10.3. The molecule has 2 nitrogen and oxygen atoms in total. The van der Waals surface area contributed by atoms with E-state index in [9.17, 15) is 0 Å². The monoisotopic (exact) mass is 210 g/mol. The van der Waals surface area contributed by atoms with Crippen LogP contribution in [0.3, 0.4) is 0 Å². The van der Waals surface area contributed by atoms with E-state index in [1.54, 1.807) is 11.3 Å². The van der Waals surface area contributed by atoms with Gasteiger partial charge in [-0.2, -0.15) is 0 Å². The topological polar surface area (TPSA) is 16.1 Å². The summed E-state index contributed by atoms with van der Waals surface area (Å²) in [6.45, 7) is 5.80. The molecule has 1 aromatic heterocycles. The predicted molar refractivity (Wildman–Crippen MR) is 60.4 cm³/mol. The van der Waals surface area contributed by atoms with Crippen LogP contribution in [0.5, 0.6) is 0 Å². The number of aromatic nitrogens is 1. The molecule has 1 aliphatic rings. The molecule has 0 unspecified atom stereocenters. The molecule has 0 spiro atoms. The van der Waals surface area contributed by atoms with Gasteiger partial charge in [-0.25, -0.2) is 4.98 Å². The van der Waals surface area contributed by atoms with Gasteiger partial charge in [-0.05, 0) is 31.7 Å². The molecule has 78 valence electrons. The average molecular weight is 210 g/mol. The molecule has 2 rings (SSSR count). The maximum Gasteiger partial charge on any atom is 0.0795 e. The summed E-state index contributed by atoms with van der Waals surface area (Å²) in [6, 6.07) is 0.